The number of esters is 1. The van der Waals surface area contributed by atoms with Gasteiger partial charge in [0.25, 0.3) is 0 Å². The van der Waals surface area contributed by atoms with Crippen molar-refractivity contribution in [2.45, 2.75) is 55.8 Å². The van der Waals surface area contributed by atoms with Gasteiger partial charge in [-0.3, -0.25) is 0 Å². The van der Waals surface area contributed by atoms with Crippen LogP contribution in [-0.2, 0) is 27.7 Å². The SMILES string of the molecule is COC(=O)c1cc2c(cc1OC)CCC1CCC2C(C)c2ccc(OC)c(OS(=O)(=O)c3cccc(F)c3)c2C1. The first-order chi connectivity index (χ1) is 19.2. The van der Waals surface area contributed by atoms with E-state index in [0.29, 0.717) is 23.5 Å². The quantitative estimate of drug-likeness (QED) is 0.259. The van der Waals surface area contributed by atoms with Gasteiger partial charge >= 0.3 is 16.1 Å². The van der Waals surface area contributed by atoms with Crippen LogP contribution in [0.3, 0.4) is 0 Å². The van der Waals surface area contributed by atoms with Crippen LogP contribution in [-0.4, -0.2) is 35.7 Å². The number of fused-ring (bicyclic) bond motifs is 6. The summed E-state index contributed by atoms with van der Waals surface area (Å²) < 4.78 is 62.3. The van der Waals surface area contributed by atoms with Gasteiger partial charge in [0.05, 0.1) is 21.3 Å². The van der Waals surface area contributed by atoms with Crippen molar-refractivity contribution in [3.8, 4) is 17.2 Å². The Bertz CT molecular complexity index is 1550. The van der Waals surface area contributed by atoms with Crippen molar-refractivity contribution in [2.75, 3.05) is 21.3 Å². The molecule has 0 heterocycles. The van der Waals surface area contributed by atoms with Gasteiger partial charge in [-0.1, -0.05) is 19.1 Å². The van der Waals surface area contributed by atoms with Crippen LogP contribution >= 0.6 is 0 Å². The summed E-state index contributed by atoms with van der Waals surface area (Å²) >= 11 is 0. The molecule has 0 radical (unpaired) electrons. The molecule has 0 fully saturated rings. The Morgan fingerprint density at radius 2 is 1.70 bits per heavy atom. The van der Waals surface area contributed by atoms with Gasteiger partial charge < -0.3 is 18.4 Å². The number of hydrogen-bond donors (Lipinski definition) is 0. The van der Waals surface area contributed by atoms with E-state index in [2.05, 4.69) is 6.92 Å². The van der Waals surface area contributed by atoms with Crippen LogP contribution in [0.5, 0.6) is 17.2 Å². The highest BCUT2D eigenvalue weighted by Gasteiger charge is 2.35. The van der Waals surface area contributed by atoms with E-state index in [9.17, 15) is 17.6 Å². The number of halogens is 1. The van der Waals surface area contributed by atoms with Crippen LogP contribution in [0, 0.1) is 11.7 Å². The molecule has 0 spiro atoms. The molecule has 3 unspecified atom stereocenters. The average Bonchev–Trinajstić information content (AvgIpc) is 2.93. The van der Waals surface area contributed by atoms with Gasteiger partial charge in [0, 0.05) is 5.56 Å². The van der Waals surface area contributed by atoms with E-state index in [-0.39, 0.29) is 28.4 Å². The molecule has 0 aliphatic heterocycles. The maximum Gasteiger partial charge on any atom is 0.341 e. The summed E-state index contributed by atoms with van der Waals surface area (Å²) in [6.07, 6.45) is 4.11. The smallest absolute Gasteiger partial charge is 0.341 e. The molecule has 212 valence electrons. The highest BCUT2D eigenvalue weighted by atomic mass is 32.2. The molecule has 0 aromatic heterocycles. The van der Waals surface area contributed by atoms with Crippen LogP contribution in [0.4, 0.5) is 4.39 Å². The van der Waals surface area contributed by atoms with Gasteiger partial charge in [-0.05, 0) is 103 Å². The van der Waals surface area contributed by atoms with Crippen molar-refractivity contribution in [3.05, 3.63) is 82.2 Å². The summed E-state index contributed by atoms with van der Waals surface area (Å²) in [5, 5.41) is 0. The molecule has 0 N–H and O–H groups in total. The van der Waals surface area contributed by atoms with Gasteiger partial charge in [0.15, 0.2) is 11.5 Å². The molecule has 3 atom stereocenters. The number of methoxy groups -OCH3 is 3. The molecule has 2 bridgehead atoms. The second-order valence-corrected chi connectivity index (χ2v) is 12.0. The van der Waals surface area contributed by atoms with E-state index >= 15 is 0 Å². The number of hydrogen-bond acceptors (Lipinski definition) is 7. The van der Waals surface area contributed by atoms with Crippen LogP contribution in [0.15, 0.2) is 53.4 Å². The largest absolute Gasteiger partial charge is 0.496 e. The number of rotatable bonds is 6. The van der Waals surface area contributed by atoms with Crippen LogP contribution in [0.2, 0.25) is 0 Å². The van der Waals surface area contributed by atoms with E-state index in [1.54, 1.807) is 13.2 Å². The van der Waals surface area contributed by atoms with Crippen molar-refractivity contribution in [2.24, 2.45) is 5.92 Å². The first kappa shape index (κ1) is 28.0. The molecular formula is C31H33FO7S. The van der Waals surface area contributed by atoms with E-state index < -0.39 is 21.9 Å². The van der Waals surface area contributed by atoms with E-state index in [4.69, 9.17) is 18.4 Å². The highest BCUT2D eigenvalue weighted by molar-refractivity contribution is 7.87. The summed E-state index contributed by atoms with van der Waals surface area (Å²) in [6.45, 7) is 2.12. The summed E-state index contributed by atoms with van der Waals surface area (Å²) in [5.74, 6) is 0.115. The lowest BCUT2D eigenvalue weighted by atomic mass is 9.69. The van der Waals surface area contributed by atoms with Crippen LogP contribution < -0.4 is 13.7 Å². The standard InChI is InChI=1S/C31H33FO7S/c1-18-23-11-9-19(8-10-20-15-29(37-3)27(17-25(20)23)31(33)38-4)14-26-24(18)12-13-28(36-2)30(26)39-40(34,35)22-7-5-6-21(32)16-22/h5-7,12-13,15-19,23H,8-11,14H2,1-4H3. The van der Waals surface area contributed by atoms with E-state index in [1.165, 1.54) is 32.4 Å². The normalized spacial score (nSPS) is 20.2. The fourth-order valence-corrected chi connectivity index (χ4v) is 7.23. The molecule has 0 amide bonds. The number of carbonyl (C=O) groups is 1. The number of aryl methyl sites for hydroxylation is 1. The predicted octanol–water partition coefficient (Wildman–Crippen LogP) is 6.18. The van der Waals surface area contributed by atoms with Crippen molar-refractivity contribution in [3.63, 3.8) is 0 Å². The second-order valence-electron chi connectivity index (χ2n) is 10.5. The summed E-state index contributed by atoms with van der Waals surface area (Å²) in [4.78, 5) is 12.3. The van der Waals surface area contributed by atoms with E-state index in [1.807, 2.05) is 18.2 Å². The van der Waals surface area contributed by atoms with Crippen molar-refractivity contribution in [1.29, 1.82) is 0 Å². The lowest BCUT2D eigenvalue weighted by molar-refractivity contribution is 0.0596. The van der Waals surface area contributed by atoms with Gasteiger partial charge in [0.2, 0.25) is 0 Å². The third-order valence-corrected chi connectivity index (χ3v) is 9.54. The fraction of sp³-hybridized carbons (Fsp3) is 0.387. The molecule has 0 saturated carbocycles. The fourth-order valence-electron chi connectivity index (χ4n) is 6.23. The minimum Gasteiger partial charge on any atom is -0.496 e. The molecule has 2 aliphatic carbocycles. The van der Waals surface area contributed by atoms with Crippen LogP contribution in [0.1, 0.15) is 70.6 Å². The molecule has 2 aliphatic rings. The summed E-state index contributed by atoms with van der Waals surface area (Å²) in [5.41, 5.74) is 4.35. The van der Waals surface area contributed by atoms with E-state index in [0.717, 1.165) is 54.0 Å². The number of ether oxygens (including phenoxy) is 3. The minimum atomic E-state index is -4.33. The van der Waals surface area contributed by atoms with Gasteiger partial charge in [-0.2, -0.15) is 8.42 Å². The minimum absolute atomic E-state index is 0.0307. The second kappa shape index (κ2) is 11.1. The molecule has 40 heavy (non-hydrogen) atoms. The van der Waals surface area contributed by atoms with Crippen molar-refractivity contribution < 1.29 is 36.0 Å². The number of benzene rings is 3. The van der Waals surface area contributed by atoms with Gasteiger partial charge in [0.1, 0.15) is 22.0 Å². The highest BCUT2D eigenvalue weighted by Crippen LogP contribution is 2.50. The van der Waals surface area contributed by atoms with Crippen molar-refractivity contribution in [1.82, 2.24) is 0 Å². The Morgan fingerprint density at radius 1 is 0.925 bits per heavy atom. The Kier molecular flexibility index (Phi) is 7.77. The Labute approximate surface area is 234 Å². The molecule has 3 aromatic rings. The lowest BCUT2D eigenvalue weighted by Gasteiger charge is -2.36. The maximum absolute atomic E-state index is 13.9. The molecule has 3 aromatic carbocycles. The monoisotopic (exact) mass is 568 g/mol. The third-order valence-electron chi connectivity index (χ3n) is 8.32. The Hall–Kier alpha value is -3.59. The first-order valence-corrected chi connectivity index (χ1v) is 14.8. The summed E-state index contributed by atoms with van der Waals surface area (Å²) in [6, 6.07) is 12.3. The molecule has 9 heteroatoms. The van der Waals surface area contributed by atoms with Crippen molar-refractivity contribution >= 4 is 16.1 Å². The topological polar surface area (TPSA) is 88.1 Å². The first-order valence-electron chi connectivity index (χ1n) is 13.4. The number of carbonyl (C=O) groups excluding carboxylic acids is 1. The lowest BCUT2D eigenvalue weighted by Crippen LogP contribution is -2.24. The van der Waals surface area contributed by atoms with Gasteiger partial charge in [-0.15, -0.1) is 0 Å². The Morgan fingerprint density at radius 3 is 2.40 bits per heavy atom. The zero-order valence-electron chi connectivity index (χ0n) is 23.0. The molecule has 5 rings (SSSR count). The molecular weight excluding hydrogens is 535 g/mol. The zero-order valence-corrected chi connectivity index (χ0v) is 23.8. The maximum atomic E-state index is 13.9. The zero-order chi connectivity index (χ0) is 28.6. The predicted molar refractivity (Wildman–Crippen MR) is 147 cm³/mol. The third kappa shape index (κ3) is 5.14. The Balaban J connectivity index is 1.65. The summed E-state index contributed by atoms with van der Waals surface area (Å²) in [7, 11) is 0.0395. The van der Waals surface area contributed by atoms with Gasteiger partial charge in [-0.25, -0.2) is 9.18 Å². The molecule has 0 saturated heterocycles. The van der Waals surface area contributed by atoms with Crippen LogP contribution in [0.25, 0.3) is 0 Å². The average molecular weight is 569 g/mol. The molecule has 7 nitrogen and oxygen atoms in total.